The maximum Gasteiger partial charge on any atom is 0.326 e. The van der Waals surface area contributed by atoms with E-state index in [0.717, 1.165) is 41.2 Å². The predicted octanol–water partition coefficient (Wildman–Crippen LogP) is 4.15. The fourth-order valence-corrected chi connectivity index (χ4v) is 4.07. The summed E-state index contributed by atoms with van der Waals surface area (Å²) in [5.41, 5.74) is 4.34. The molecule has 3 rings (SSSR count). The maximum atomic E-state index is 12.6. The first-order valence-corrected chi connectivity index (χ1v) is 11.1. The van der Waals surface area contributed by atoms with Crippen LogP contribution in [-0.2, 0) is 28.4 Å². The van der Waals surface area contributed by atoms with Gasteiger partial charge in [-0.15, -0.1) is 0 Å². The van der Waals surface area contributed by atoms with E-state index in [1.54, 1.807) is 11.8 Å². The molecule has 2 aromatic heterocycles. The van der Waals surface area contributed by atoms with Crippen molar-refractivity contribution in [1.82, 2.24) is 14.1 Å². The van der Waals surface area contributed by atoms with Crippen LogP contribution >= 0.6 is 11.8 Å². The van der Waals surface area contributed by atoms with Gasteiger partial charge in [-0.3, -0.25) is 9.59 Å². The average Bonchev–Trinajstić information content (AvgIpc) is 3.19. The van der Waals surface area contributed by atoms with Crippen LogP contribution in [0.1, 0.15) is 40.9 Å². The van der Waals surface area contributed by atoms with Gasteiger partial charge in [0.1, 0.15) is 12.4 Å². The summed E-state index contributed by atoms with van der Waals surface area (Å²) >= 11 is 1.64. The lowest BCUT2D eigenvalue weighted by Crippen LogP contribution is -2.20. The minimum Gasteiger partial charge on any atom is -0.456 e. The number of hydrogen-bond acceptors (Lipinski definition) is 5. The highest BCUT2D eigenvalue weighted by molar-refractivity contribution is 7.97. The molecule has 0 aliphatic carbocycles. The molecule has 0 unspecified atom stereocenters. The first kappa shape index (κ1) is 21.2. The van der Waals surface area contributed by atoms with Crippen LogP contribution in [0.15, 0.2) is 30.3 Å². The Morgan fingerprint density at radius 3 is 2.66 bits per heavy atom. The number of carbonyl (C=O) groups is 2. The van der Waals surface area contributed by atoms with Crippen LogP contribution < -0.4 is 0 Å². The van der Waals surface area contributed by atoms with Crippen LogP contribution in [0.3, 0.4) is 0 Å². The van der Waals surface area contributed by atoms with Crippen molar-refractivity contribution in [3.05, 3.63) is 53.1 Å². The van der Waals surface area contributed by atoms with Gasteiger partial charge in [-0.25, -0.2) is 4.98 Å². The Bertz CT molecular complexity index is 1040. The van der Waals surface area contributed by atoms with Gasteiger partial charge in [0.15, 0.2) is 6.61 Å². The molecular weight excluding hydrogens is 386 g/mol. The number of rotatable bonds is 9. The van der Waals surface area contributed by atoms with E-state index in [9.17, 15) is 9.59 Å². The van der Waals surface area contributed by atoms with E-state index in [4.69, 9.17) is 4.74 Å². The number of esters is 1. The van der Waals surface area contributed by atoms with Crippen LogP contribution in [-0.4, -0.2) is 38.7 Å². The number of ketones is 1. The standard InChI is InChI=1S/C22H27N3O3S/c1-5-10-24-15(2)11-17(16(24)3)20(26)13-28-22(27)12-25-19-9-7-6-8-18(19)23-21(25)14-29-4/h6-9,11H,5,10,12-14H2,1-4H3. The summed E-state index contributed by atoms with van der Waals surface area (Å²) < 4.78 is 9.32. The minimum absolute atomic E-state index is 0.0402. The third kappa shape index (κ3) is 4.56. The number of imidazole rings is 1. The Hall–Kier alpha value is -2.54. The van der Waals surface area contributed by atoms with Crippen molar-refractivity contribution in [3.8, 4) is 0 Å². The van der Waals surface area contributed by atoms with Crippen LogP contribution in [0.4, 0.5) is 0 Å². The van der Waals surface area contributed by atoms with E-state index in [-0.39, 0.29) is 18.9 Å². The van der Waals surface area contributed by atoms with Gasteiger partial charge >= 0.3 is 5.97 Å². The summed E-state index contributed by atoms with van der Waals surface area (Å²) in [6.45, 7) is 6.69. The number of aromatic nitrogens is 3. The van der Waals surface area contributed by atoms with Crippen molar-refractivity contribution < 1.29 is 14.3 Å². The van der Waals surface area contributed by atoms with Crippen molar-refractivity contribution in [1.29, 1.82) is 0 Å². The topological polar surface area (TPSA) is 66.1 Å². The molecule has 0 fully saturated rings. The number of aryl methyl sites for hydroxylation is 1. The number of fused-ring (bicyclic) bond motifs is 1. The Morgan fingerprint density at radius 1 is 1.17 bits per heavy atom. The Balaban J connectivity index is 1.69. The zero-order valence-electron chi connectivity index (χ0n) is 17.4. The van der Waals surface area contributed by atoms with Gasteiger partial charge in [-0.2, -0.15) is 11.8 Å². The van der Waals surface area contributed by atoms with Crippen LogP contribution in [0, 0.1) is 13.8 Å². The third-order valence-electron chi connectivity index (χ3n) is 4.98. The van der Waals surface area contributed by atoms with Crippen LogP contribution in [0.5, 0.6) is 0 Å². The molecule has 0 spiro atoms. The molecule has 0 bridgehead atoms. The van der Waals surface area contributed by atoms with E-state index in [1.165, 1.54) is 0 Å². The van der Waals surface area contributed by atoms with E-state index in [2.05, 4.69) is 16.5 Å². The van der Waals surface area contributed by atoms with Gasteiger partial charge in [-0.05, 0) is 44.7 Å². The first-order chi connectivity index (χ1) is 14.0. The Kier molecular flexibility index (Phi) is 6.79. The SMILES string of the molecule is CCCn1c(C)cc(C(=O)COC(=O)Cn2c(CSC)nc3ccccc32)c1C. The van der Waals surface area contributed by atoms with Crippen molar-refractivity contribution in [2.24, 2.45) is 0 Å². The summed E-state index contributed by atoms with van der Waals surface area (Å²) in [6.07, 6.45) is 2.99. The zero-order valence-corrected chi connectivity index (χ0v) is 18.2. The number of ether oxygens (including phenoxy) is 1. The van der Waals surface area contributed by atoms with Gasteiger partial charge in [0.25, 0.3) is 0 Å². The predicted molar refractivity (Wildman–Crippen MR) is 116 cm³/mol. The molecule has 0 amide bonds. The molecule has 1 aromatic carbocycles. The molecule has 6 nitrogen and oxygen atoms in total. The molecule has 3 aromatic rings. The molecule has 2 heterocycles. The second-order valence-electron chi connectivity index (χ2n) is 7.06. The van der Waals surface area contributed by atoms with Crippen molar-refractivity contribution >= 4 is 34.5 Å². The smallest absolute Gasteiger partial charge is 0.326 e. The summed E-state index contributed by atoms with van der Waals surface area (Å²) in [7, 11) is 0. The van der Waals surface area contributed by atoms with Gasteiger partial charge in [0.2, 0.25) is 5.78 Å². The number of para-hydroxylation sites is 2. The lowest BCUT2D eigenvalue weighted by molar-refractivity contribution is -0.143. The number of thioether (sulfide) groups is 1. The quantitative estimate of drug-likeness (QED) is 0.389. The fourth-order valence-electron chi connectivity index (χ4n) is 3.59. The molecule has 7 heteroatoms. The third-order valence-corrected chi connectivity index (χ3v) is 5.53. The molecule has 0 aliphatic heterocycles. The molecule has 0 N–H and O–H groups in total. The van der Waals surface area contributed by atoms with Crippen molar-refractivity contribution in [3.63, 3.8) is 0 Å². The molecule has 0 atom stereocenters. The van der Waals surface area contributed by atoms with Gasteiger partial charge in [0.05, 0.1) is 16.8 Å². The first-order valence-electron chi connectivity index (χ1n) is 9.74. The van der Waals surface area contributed by atoms with Gasteiger partial charge in [0, 0.05) is 23.5 Å². The lowest BCUT2D eigenvalue weighted by atomic mass is 10.1. The summed E-state index contributed by atoms with van der Waals surface area (Å²) in [6, 6.07) is 9.59. The molecule has 0 radical (unpaired) electrons. The second kappa shape index (κ2) is 9.31. The molecule has 154 valence electrons. The maximum absolute atomic E-state index is 12.6. The van der Waals surface area contributed by atoms with Gasteiger partial charge in [-0.1, -0.05) is 19.1 Å². The summed E-state index contributed by atoms with van der Waals surface area (Å²) in [5.74, 6) is 0.912. The lowest BCUT2D eigenvalue weighted by Gasteiger charge is -2.09. The highest BCUT2D eigenvalue weighted by atomic mass is 32.2. The second-order valence-corrected chi connectivity index (χ2v) is 7.92. The molecule has 0 aliphatic rings. The highest BCUT2D eigenvalue weighted by Gasteiger charge is 2.18. The van der Waals surface area contributed by atoms with Crippen molar-refractivity contribution in [2.75, 3.05) is 12.9 Å². The normalized spacial score (nSPS) is 11.2. The molecule has 29 heavy (non-hydrogen) atoms. The largest absolute Gasteiger partial charge is 0.456 e. The zero-order chi connectivity index (χ0) is 21.0. The Labute approximate surface area is 175 Å². The number of Topliss-reactive ketones (excluding diaryl/α,β-unsaturated/α-hetero) is 1. The summed E-state index contributed by atoms with van der Waals surface area (Å²) in [4.78, 5) is 29.7. The van der Waals surface area contributed by atoms with E-state index in [1.807, 2.05) is 55.0 Å². The number of nitrogens with zero attached hydrogens (tertiary/aromatic N) is 3. The number of hydrogen-bond donors (Lipinski definition) is 0. The summed E-state index contributed by atoms with van der Waals surface area (Å²) in [5, 5.41) is 0. The van der Waals surface area contributed by atoms with E-state index >= 15 is 0 Å². The molecule has 0 saturated heterocycles. The highest BCUT2D eigenvalue weighted by Crippen LogP contribution is 2.20. The van der Waals surface area contributed by atoms with Crippen LogP contribution in [0.25, 0.3) is 11.0 Å². The number of benzene rings is 1. The monoisotopic (exact) mass is 413 g/mol. The fraction of sp³-hybridized carbons (Fsp3) is 0.409. The van der Waals surface area contributed by atoms with E-state index < -0.39 is 5.97 Å². The Morgan fingerprint density at radius 2 is 1.93 bits per heavy atom. The average molecular weight is 414 g/mol. The van der Waals surface area contributed by atoms with E-state index in [0.29, 0.717) is 11.3 Å². The molecular formula is C22H27N3O3S. The minimum atomic E-state index is -0.439. The van der Waals surface area contributed by atoms with Crippen LogP contribution in [0.2, 0.25) is 0 Å². The van der Waals surface area contributed by atoms with Gasteiger partial charge < -0.3 is 13.9 Å². The number of carbonyl (C=O) groups excluding carboxylic acids is 2. The molecule has 0 saturated carbocycles. The van der Waals surface area contributed by atoms with Crippen molar-refractivity contribution in [2.45, 2.75) is 46.0 Å².